The second-order valence-corrected chi connectivity index (χ2v) is 13.1. The first kappa shape index (κ1) is 31.1. The van der Waals surface area contributed by atoms with Gasteiger partial charge in [0.1, 0.15) is 0 Å². The van der Waals surface area contributed by atoms with Crippen molar-refractivity contribution in [3.8, 4) is 0 Å². The van der Waals surface area contributed by atoms with Crippen molar-refractivity contribution in [3.05, 3.63) is 89.7 Å². The Labute approximate surface area is 241 Å². The summed E-state index contributed by atoms with van der Waals surface area (Å²) in [6.45, 7) is 4.97. The number of aliphatic hydroxyl groups excluding tert-OH is 1. The zero-order valence-electron chi connectivity index (χ0n) is 23.7. The summed E-state index contributed by atoms with van der Waals surface area (Å²) in [5.74, 6) is -0.442. The minimum absolute atomic E-state index is 0. The van der Waals surface area contributed by atoms with Crippen LogP contribution in [0.3, 0.4) is 0 Å². The van der Waals surface area contributed by atoms with Crippen LogP contribution in [-0.4, -0.2) is 39.5 Å². The predicted octanol–water partition coefficient (Wildman–Crippen LogP) is 2.74. The Bertz CT molecular complexity index is 1320. The molecule has 2 aromatic carbocycles. The maximum atomic E-state index is 14.0. The van der Waals surface area contributed by atoms with Gasteiger partial charge in [0, 0.05) is 48.8 Å². The van der Waals surface area contributed by atoms with Gasteiger partial charge in [-0.05, 0) is 48.2 Å². The molecular weight excluding hydrogens is 528 g/mol. The molecule has 39 heavy (non-hydrogen) atoms. The van der Waals surface area contributed by atoms with Gasteiger partial charge in [-0.15, -0.1) is 0 Å². The Morgan fingerprint density at radius 1 is 0.949 bits per heavy atom. The van der Waals surface area contributed by atoms with Crippen molar-refractivity contribution in [2.45, 2.75) is 75.8 Å². The number of sulfone groups is 1. The summed E-state index contributed by atoms with van der Waals surface area (Å²) in [6.07, 6.45) is 8.40. The lowest BCUT2D eigenvalue weighted by atomic mass is 9.68. The van der Waals surface area contributed by atoms with Crippen molar-refractivity contribution in [1.29, 1.82) is 0 Å². The molecule has 2 heterocycles. The zero-order valence-corrected chi connectivity index (χ0v) is 25.3. The van der Waals surface area contributed by atoms with E-state index >= 15 is 0 Å². The molecule has 1 aliphatic heterocycles. The van der Waals surface area contributed by atoms with Gasteiger partial charge in [-0.2, -0.15) is 0 Å². The second kappa shape index (κ2) is 13.3. The van der Waals surface area contributed by atoms with Crippen LogP contribution < -0.4 is 21.9 Å². The summed E-state index contributed by atoms with van der Waals surface area (Å²) in [5.41, 5.74) is 3.04. The van der Waals surface area contributed by atoms with Gasteiger partial charge < -0.3 is 22.4 Å². The number of halogens is 1. The van der Waals surface area contributed by atoms with Crippen molar-refractivity contribution >= 4 is 15.5 Å². The number of pyridine rings is 1. The van der Waals surface area contributed by atoms with Crippen LogP contribution in [0, 0.1) is 5.41 Å². The van der Waals surface area contributed by atoms with E-state index in [0.29, 0.717) is 29.8 Å². The highest BCUT2D eigenvalue weighted by molar-refractivity contribution is 7.91. The molecule has 4 rings (SSSR count). The van der Waals surface area contributed by atoms with E-state index < -0.39 is 27.3 Å². The van der Waals surface area contributed by atoms with Crippen molar-refractivity contribution < 1.29 is 30.5 Å². The maximum absolute atomic E-state index is 14.0. The van der Waals surface area contributed by atoms with Crippen molar-refractivity contribution in [2.75, 3.05) is 24.7 Å². The van der Waals surface area contributed by atoms with Crippen LogP contribution in [0.15, 0.2) is 78.0 Å². The summed E-state index contributed by atoms with van der Waals surface area (Å²) < 4.78 is 30.2. The zero-order chi connectivity index (χ0) is 27.3. The molecule has 1 aromatic heterocycles. The highest BCUT2D eigenvalue weighted by Crippen LogP contribution is 2.50. The summed E-state index contributed by atoms with van der Waals surface area (Å²) in [6, 6.07) is 20.0. The quantitative estimate of drug-likeness (QED) is 0.381. The van der Waals surface area contributed by atoms with E-state index in [4.69, 9.17) is 0 Å². The number of benzene rings is 2. The Morgan fingerprint density at radius 2 is 1.62 bits per heavy atom. The molecule has 0 fully saturated rings. The molecule has 2 atom stereocenters. The molecule has 3 aromatic rings. The molecular formula is C32H43ClN2O3S. The highest BCUT2D eigenvalue weighted by atomic mass is 35.5. The van der Waals surface area contributed by atoms with E-state index in [9.17, 15) is 13.5 Å². The predicted molar refractivity (Wildman–Crippen MR) is 154 cm³/mol. The normalized spacial score (nSPS) is 19.4. The van der Waals surface area contributed by atoms with E-state index in [2.05, 4.69) is 36.6 Å². The second-order valence-electron chi connectivity index (χ2n) is 11.2. The molecule has 1 N–H and O–H groups in total. The number of aliphatic hydroxyl groups is 1. The van der Waals surface area contributed by atoms with Crippen LogP contribution in [0.2, 0.25) is 0 Å². The van der Waals surface area contributed by atoms with Crippen LogP contribution in [0.5, 0.6) is 0 Å². The van der Waals surface area contributed by atoms with Gasteiger partial charge in [0.25, 0.3) is 0 Å². The average Bonchev–Trinajstić information content (AvgIpc) is 2.97. The first-order valence-corrected chi connectivity index (χ1v) is 15.6. The largest absolute Gasteiger partial charge is 1.00 e. The van der Waals surface area contributed by atoms with Gasteiger partial charge in [0.05, 0.1) is 16.8 Å². The molecule has 0 unspecified atom stereocenters. The topological polar surface area (TPSA) is 61.5 Å². The molecule has 0 amide bonds. The van der Waals surface area contributed by atoms with Gasteiger partial charge in [0.15, 0.2) is 28.8 Å². The SMILES string of the molecule is CCCCC1(CCCC)CS(=O)(=O)c2ccc(N(C)C)cc2[C@@H](c2cccc(C[n+]3ccccc3)c2)[C@H]1O.[Cl-]. The average molecular weight is 571 g/mol. The molecule has 212 valence electrons. The van der Waals surface area contributed by atoms with E-state index in [-0.39, 0.29) is 18.2 Å². The molecule has 0 radical (unpaired) electrons. The third-order valence-electron chi connectivity index (χ3n) is 8.11. The number of hydrogen-bond donors (Lipinski definition) is 1. The molecule has 1 aliphatic rings. The van der Waals surface area contributed by atoms with Crippen LogP contribution in [-0.2, 0) is 16.4 Å². The van der Waals surface area contributed by atoms with Gasteiger partial charge in [0.2, 0.25) is 0 Å². The fourth-order valence-electron chi connectivity index (χ4n) is 6.03. The lowest BCUT2D eigenvalue weighted by Crippen LogP contribution is -3.00. The summed E-state index contributed by atoms with van der Waals surface area (Å²) in [5, 5.41) is 12.4. The number of unbranched alkanes of at least 4 members (excludes halogenated alkanes) is 2. The lowest BCUT2D eigenvalue weighted by Gasteiger charge is -2.40. The minimum atomic E-state index is -3.60. The molecule has 0 aliphatic carbocycles. The van der Waals surface area contributed by atoms with Crippen LogP contribution in [0.4, 0.5) is 5.69 Å². The van der Waals surface area contributed by atoms with E-state index in [1.165, 1.54) is 0 Å². The van der Waals surface area contributed by atoms with Crippen LogP contribution >= 0.6 is 0 Å². The van der Waals surface area contributed by atoms with Gasteiger partial charge in [-0.1, -0.05) is 63.8 Å². The molecule has 0 saturated carbocycles. The molecule has 0 bridgehead atoms. The first-order valence-electron chi connectivity index (χ1n) is 14.0. The molecule has 0 spiro atoms. The lowest BCUT2D eigenvalue weighted by molar-refractivity contribution is -0.688. The van der Waals surface area contributed by atoms with Crippen LogP contribution in [0.25, 0.3) is 0 Å². The summed E-state index contributed by atoms with van der Waals surface area (Å²) >= 11 is 0. The monoisotopic (exact) mass is 570 g/mol. The molecule has 7 heteroatoms. The van der Waals surface area contributed by atoms with Gasteiger partial charge in [-0.25, -0.2) is 13.0 Å². The Kier molecular flexibility index (Phi) is 10.6. The smallest absolute Gasteiger partial charge is 0.179 e. The first-order chi connectivity index (χ1) is 18.2. The Balaban J connectivity index is 0.00000420. The summed E-state index contributed by atoms with van der Waals surface area (Å²) in [4.78, 5) is 2.36. The third kappa shape index (κ3) is 6.85. The fourth-order valence-corrected chi connectivity index (χ4v) is 8.22. The minimum Gasteiger partial charge on any atom is -1.00 e. The summed E-state index contributed by atoms with van der Waals surface area (Å²) in [7, 11) is 0.318. The fraction of sp³-hybridized carbons (Fsp3) is 0.469. The highest BCUT2D eigenvalue weighted by Gasteiger charge is 2.49. The Hall–Kier alpha value is -2.41. The van der Waals surface area contributed by atoms with E-state index in [1.54, 1.807) is 6.07 Å². The van der Waals surface area contributed by atoms with Gasteiger partial charge >= 0.3 is 0 Å². The third-order valence-corrected chi connectivity index (χ3v) is 10.1. The number of fused-ring (bicyclic) bond motifs is 1. The van der Waals surface area contributed by atoms with Crippen molar-refractivity contribution in [2.24, 2.45) is 5.41 Å². The van der Waals surface area contributed by atoms with E-state index in [1.807, 2.05) is 67.8 Å². The Morgan fingerprint density at radius 3 is 2.23 bits per heavy atom. The van der Waals surface area contributed by atoms with Crippen molar-refractivity contribution in [1.82, 2.24) is 0 Å². The molecule has 5 nitrogen and oxygen atoms in total. The standard InChI is InChI=1S/C32H43N2O3S.ClH/c1-5-7-17-32(18-8-6-2)24-38(36,37)29-16-15-27(33(3)4)22-28(29)30(31(32)35)26-14-12-13-25(21-26)23-34-19-10-9-11-20-34;/h9-16,19-22,30-31,35H,5-8,17-18,23-24H2,1-4H3;1H/q+1;/p-1/t30-,31-;/m1./s1. The number of rotatable bonds is 10. The van der Waals surface area contributed by atoms with E-state index in [0.717, 1.165) is 42.5 Å². The molecule has 0 saturated heterocycles. The number of hydrogen-bond acceptors (Lipinski definition) is 4. The van der Waals surface area contributed by atoms with Crippen LogP contribution in [0.1, 0.15) is 75.0 Å². The van der Waals surface area contributed by atoms with Crippen molar-refractivity contribution in [3.63, 3.8) is 0 Å². The maximum Gasteiger partial charge on any atom is 0.179 e. The number of aromatic nitrogens is 1. The number of nitrogens with zero attached hydrogens (tertiary/aromatic N) is 2. The number of anilines is 1. The van der Waals surface area contributed by atoms with Gasteiger partial charge in [-0.3, -0.25) is 0 Å².